The summed E-state index contributed by atoms with van der Waals surface area (Å²) in [5.41, 5.74) is 0.527. The molecule has 0 bridgehead atoms. The van der Waals surface area contributed by atoms with Crippen LogP contribution in [-0.2, 0) is 6.18 Å². The van der Waals surface area contributed by atoms with E-state index in [9.17, 15) is 23.1 Å². The number of benzene rings is 2. The van der Waals surface area contributed by atoms with Gasteiger partial charge in [-0.1, -0.05) is 0 Å². The van der Waals surface area contributed by atoms with Crippen molar-refractivity contribution in [2.45, 2.75) is 13.1 Å². The molecule has 2 aromatic heterocycles. The van der Waals surface area contributed by atoms with Crippen LogP contribution >= 0.6 is 11.3 Å². The van der Waals surface area contributed by atoms with Crippen molar-refractivity contribution in [2.24, 2.45) is 0 Å². The van der Waals surface area contributed by atoms with Crippen molar-refractivity contribution in [1.82, 2.24) is 9.55 Å². The Morgan fingerprint density at radius 1 is 1.27 bits per heavy atom. The number of alkyl halides is 3. The molecule has 0 fully saturated rings. The lowest BCUT2D eigenvalue weighted by atomic mass is 10.1. The molecule has 4 rings (SSSR count). The van der Waals surface area contributed by atoms with E-state index in [1.165, 1.54) is 29.5 Å². The van der Waals surface area contributed by atoms with Crippen LogP contribution in [0.2, 0.25) is 0 Å². The summed E-state index contributed by atoms with van der Waals surface area (Å²) in [5, 5.41) is 10.6. The van der Waals surface area contributed by atoms with Gasteiger partial charge in [0.05, 0.1) is 27.7 Å². The van der Waals surface area contributed by atoms with Gasteiger partial charge in [0.15, 0.2) is 5.65 Å². The molecule has 4 nitrogen and oxygen atoms in total. The molecule has 26 heavy (non-hydrogen) atoms. The molecule has 4 aromatic rings. The average molecular weight is 377 g/mol. The first-order valence-electron chi connectivity index (χ1n) is 8.00. The van der Waals surface area contributed by atoms with E-state index in [1.807, 2.05) is 0 Å². The maximum Gasteiger partial charge on any atom is 0.416 e. The van der Waals surface area contributed by atoms with Crippen LogP contribution < -0.4 is 0 Å². The van der Waals surface area contributed by atoms with Crippen LogP contribution in [0.4, 0.5) is 13.2 Å². The number of carboxylic acid groups (broad SMARTS) is 1. The van der Waals surface area contributed by atoms with Crippen molar-refractivity contribution in [2.75, 3.05) is 0 Å². The molecule has 0 aliphatic heterocycles. The number of aromatic carboxylic acids is 1. The summed E-state index contributed by atoms with van der Waals surface area (Å²) in [6.07, 6.45) is -4.53. The number of aryl methyl sites for hydroxylation is 1. The number of aromatic nitrogens is 2. The number of fused-ring (bicyclic) bond motifs is 3. The minimum atomic E-state index is -4.53. The minimum absolute atomic E-state index is 0.103. The van der Waals surface area contributed by atoms with E-state index in [1.54, 1.807) is 17.6 Å². The third-order valence-corrected chi connectivity index (χ3v) is 5.01. The van der Waals surface area contributed by atoms with Crippen molar-refractivity contribution in [3.8, 4) is 5.69 Å². The van der Waals surface area contributed by atoms with Gasteiger partial charge in [0.25, 0.3) is 0 Å². The molecule has 0 saturated carbocycles. The Kier molecular flexibility index (Phi) is 3.30. The van der Waals surface area contributed by atoms with Crippen molar-refractivity contribution in [3.05, 3.63) is 58.6 Å². The van der Waals surface area contributed by atoms with E-state index in [0.29, 0.717) is 16.6 Å². The zero-order valence-electron chi connectivity index (χ0n) is 14.3. The van der Waals surface area contributed by atoms with Crippen LogP contribution in [0.15, 0.2) is 42.4 Å². The number of hydrogen-bond acceptors (Lipinski definition) is 3. The van der Waals surface area contributed by atoms with E-state index >= 15 is 0 Å². The monoisotopic (exact) mass is 377 g/mol. The molecule has 1 N–H and O–H groups in total. The Bertz CT molecular complexity index is 1230. The number of hydrogen-bond donors (Lipinski definition) is 1. The topological polar surface area (TPSA) is 55.1 Å². The molecule has 0 unspecified atom stereocenters. The summed E-state index contributed by atoms with van der Waals surface area (Å²) in [4.78, 5) is 15.7. The van der Waals surface area contributed by atoms with Crippen molar-refractivity contribution in [1.29, 1.82) is 0 Å². The standard InChI is InChI=1S/C18H11F3N2O2S/c1-9-22-16-15(26-9)13-8-10(17(24)25)2-7-14(13)23(16)12-5-3-11(4-6-12)18(19,20)21/h2-8H,1H3,(H,24,25)/i5D. The quantitative estimate of drug-likeness (QED) is 0.518. The molecule has 0 amide bonds. The maximum absolute atomic E-state index is 12.9. The Balaban J connectivity index is 2.05. The average Bonchev–Trinajstić information content (AvgIpc) is 3.09. The van der Waals surface area contributed by atoms with Gasteiger partial charge in [-0.3, -0.25) is 4.57 Å². The van der Waals surface area contributed by atoms with E-state index in [4.69, 9.17) is 1.37 Å². The van der Waals surface area contributed by atoms with E-state index < -0.39 is 17.7 Å². The number of rotatable bonds is 2. The van der Waals surface area contributed by atoms with E-state index in [0.717, 1.165) is 21.8 Å². The fourth-order valence-corrected chi connectivity index (χ4v) is 3.81. The lowest BCUT2D eigenvalue weighted by molar-refractivity contribution is -0.137. The molecule has 0 saturated heterocycles. The largest absolute Gasteiger partial charge is 0.478 e. The zero-order valence-corrected chi connectivity index (χ0v) is 14.1. The minimum Gasteiger partial charge on any atom is -0.478 e. The van der Waals surface area contributed by atoms with Gasteiger partial charge in [-0.2, -0.15) is 13.2 Å². The molecular weight excluding hydrogens is 365 g/mol. The van der Waals surface area contributed by atoms with Crippen LogP contribution in [0.5, 0.6) is 0 Å². The SMILES string of the molecule is [2H]c1cc(C(F)(F)F)ccc1-n1c2ccc(C(=O)O)cc2c2sc(C)nc21. The van der Waals surface area contributed by atoms with Gasteiger partial charge >= 0.3 is 12.1 Å². The summed E-state index contributed by atoms with van der Waals surface area (Å²) >= 11 is 1.36. The van der Waals surface area contributed by atoms with Gasteiger partial charge in [-0.15, -0.1) is 11.3 Å². The highest BCUT2D eigenvalue weighted by Gasteiger charge is 2.30. The van der Waals surface area contributed by atoms with E-state index in [-0.39, 0.29) is 17.3 Å². The molecule has 8 heteroatoms. The van der Waals surface area contributed by atoms with Crippen LogP contribution in [0.3, 0.4) is 0 Å². The summed E-state index contributed by atoms with van der Waals surface area (Å²) < 4.78 is 49.2. The summed E-state index contributed by atoms with van der Waals surface area (Å²) in [6.45, 7) is 1.79. The maximum atomic E-state index is 12.9. The van der Waals surface area contributed by atoms with Gasteiger partial charge in [-0.05, 0) is 49.4 Å². The summed E-state index contributed by atoms with van der Waals surface area (Å²) in [5.74, 6) is -1.07. The summed E-state index contributed by atoms with van der Waals surface area (Å²) in [6, 6.07) is 7.17. The normalized spacial score (nSPS) is 12.7. The zero-order chi connectivity index (χ0) is 19.5. The van der Waals surface area contributed by atoms with Crippen LogP contribution in [0.1, 0.15) is 22.3 Å². The molecule has 0 aliphatic carbocycles. The summed E-state index contributed by atoms with van der Waals surface area (Å²) in [7, 11) is 0. The van der Waals surface area contributed by atoms with Crippen molar-refractivity contribution >= 4 is 38.6 Å². The van der Waals surface area contributed by atoms with Gasteiger partial charge < -0.3 is 5.11 Å². The third kappa shape index (κ3) is 2.53. The molecule has 0 spiro atoms. The fourth-order valence-electron chi connectivity index (χ4n) is 2.88. The van der Waals surface area contributed by atoms with Gasteiger partial charge in [-0.25, -0.2) is 9.78 Å². The lowest BCUT2D eigenvalue weighted by Crippen LogP contribution is -2.05. The molecule has 0 radical (unpaired) electrons. The van der Waals surface area contributed by atoms with Crippen LogP contribution in [0.25, 0.3) is 26.9 Å². The Morgan fingerprint density at radius 3 is 2.69 bits per heavy atom. The van der Waals surface area contributed by atoms with Crippen molar-refractivity contribution < 1.29 is 24.4 Å². The molecule has 132 valence electrons. The third-order valence-electron chi connectivity index (χ3n) is 4.02. The molecular formula is C18H11F3N2O2S. The van der Waals surface area contributed by atoms with Crippen LogP contribution in [-0.4, -0.2) is 20.6 Å². The first-order valence-corrected chi connectivity index (χ1v) is 8.31. The molecule has 2 heterocycles. The Labute approximate surface area is 150 Å². The van der Waals surface area contributed by atoms with Crippen molar-refractivity contribution in [3.63, 3.8) is 0 Å². The second-order valence-electron chi connectivity index (χ2n) is 5.72. The fraction of sp³-hybridized carbons (Fsp3) is 0.111. The first kappa shape index (κ1) is 15.4. The predicted octanol–water partition coefficient (Wildman–Crippen LogP) is 5.27. The number of carbonyl (C=O) groups is 1. The number of nitrogens with zero attached hydrogens (tertiary/aromatic N) is 2. The number of thiazole rings is 1. The first-order chi connectivity index (χ1) is 12.7. The highest BCUT2D eigenvalue weighted by atomic mass is 32.1. The number of carboxylic acids is 1. The van der Waals surface area contributed by atoms with E-state index in [2.05, 4.69) is 4.98 Å². The highest BCUT2D eigenvalue weighted by molar-refractivity contribution is 7.19. The molecule has 0 aliphatic rings. The second kappa shape index (κ2) is 5.57. The predicted molar refractivity (Wildman–Crippen MR) is 93.2 cm³/mol. The number of halogens is 3. The van der Waals surface area contributed by atoms with Crippen LogP contribution in [0, 0.1) is 6.92 Å². The lowest BCUT2D eigenvalue weighted by Gasteiger charge is -2.10. The Morgan fingerprint density at radius 2 is 2.04 bits per heavy atom. The highest BCUT2D eigenvalue weighted by Crippen LogP contribution is 2.37. The van der Waals surface area contributed by atoms with Gasteiger partial charge in [0.2, 0.25) is 0 Å². The van der Waals surface area contributed by atoms with Gasteiger partial charge in [0.1, 0.15) is 0 Å². The van der Waals surface area contributed by atoms with Gasteiger partial charge in [0, 0.05) is 11.1 Å². The second-order valence-corrected chi connectivity index (χ2v) is 6.92. The smallest absolute Gasteiger partial charge is 0.416 e. The molecule has 2 aromatic carbocycles. The molecule has 0 atom stereocenters. The Hall–Kier alpha value is -2.87.